The van der Waals surface area contributed by atoms with Crippen LogP contribution in [-0.4, -0.2) is 37.0 Å². The molecule has 0 aromatic heterocycles. The lowest BCUT2D eigenvalue weighted by Crippen LogP contribution is -2.49. The number of hydrogen-bond acceptors (Lipinski definition) is 3. The number of amides is 1. The van der Waals surface area contributed by atoms with Crippen molar-refractivity contribution in [2.24, 2.45) is 11.0 Å². The standard InChI is InChI=1S/C15H21N5O/c1-12(2)11-15(21)20-9-7-19(8-10-20)14-5-3-13(4-6-14)17-18-16/h3-6,12H,7-11H2,1-2H3. The minimum Gasteiger partial charge on any atom is -0.368 e. The summed E-state index contributed by atoms with van der Waals surface area (Å²) in [7, 11) is 0. The van der Waals surface area contributed by atoms with E-state index in [1.165, 1.54) is 0 Å². The Morgan fingerprint density at radius 1 is 1.24 bits per heavy atom. The number of azide groups is 1. The fraction of sp³-hybridized carbons (Fsp3) is 0.533. The van der Waals surface area contributed by atoms with Gasteiger partial charge in [0.25, 0.3) is 0 Å². The van der Waals surface area contributed by atoms with Gasteiger partial charge in [-0.25, -0.2) is 0 Å². The molecule has 1 aromatic carbocycles. The van der Waals surface area contributed by atoms with Gasteiger partial charge in [-0.05, 0) is 23.6 Å². The lowest BCUT2D eigenvalue weighted by molar-refractivity contribution is -0.132. The molecule has 0 saturated carbocycles. The average molecular weight is 287 g/mol. The Morgan fingerprint density at radius 2 is 1.86 bits per heavy atom. The molecule has 0 unspecified atom stereocenters. The van der Waals surface area contributed by atoms with Crippen LogP contribution in [-0.2, 0) is 4.79 Å². The summed E-state index contributed by atoms with van der Waals surface area (Å²) in [4.78, 5) is 19.0. The van der Waals surface area contributed by atoms with Gasteiger partial charge in [-0.3, -0.25) is 4.79 Å². The predicted molar refractivity (Wildman–Crippen MR) is 83.5 cm³/mol. The van der Waals surface area contributed by atoms with Gasteiger partial charge in [0, 0.05) is 48.9 Å². The third kappa shape index (κ3) is 4.13. The van der Waals surface area contributed by atoms with Crippen LogP contribution in [0.3, 0.4) is 0 Å². The van der Waals surface area contributed by atoms with Gasteiger partial charge >= 0.3 is 0 Å². The van der Waals surface area contributed by atoms with Crippen LogP contribution in [0.15, 0.2) is 29.4 Å². The van der Waals surface area contributed by atoms with E-state index in [9.17, 15) is 4.79 Å². The SMILES string of the molecule is CC(C)CC(=O)N1CCN(c2ccc(N=[N+]=[N-])cc2)CC1. The topological polar surface area (TPSA) is 72.3 Å². The van der Waals surface area contributed by atoms with Crippen LogP contribution in [0, 0.1) is 5.92 Å². The van der Waals surface area contributed by atoms with Crippen molar-refractivity contribution in [2.75, 3.05) is 31.1 Å². The minimum atomic E-state index is 0.253. The quantitative estimate of drug-likeness (QED) is 0.484. The summed E-state index contributed by atoms with van der Waals surface area (Å²) >= 11 is 0. The molecule has 0 radical (unpaired) electrons. The third-order valence-electron chi connectivity index (χ3n) is 3.59. The van der Waals surface area contributed by atoms with Crippen LogP contribution in [0.2, 0.25) is 0 Å². The number of benzene rings is 1. The highest BCUT2D eigenvalue weighted by Crippen LogP contribution is 2.21. The maximum Gasteiger partial charge on any atom is 0.222 e. The molecule has 1 aromatic rings. The Hall–Kier alpha value is -2.20. The van der Waals surface area contributed by atoms with Gasteiger partial charge in [0.05, 0.1) is 0 Å². The minimum absolute atomic E-state index is 0.253. The van der Waals surface area contributed by atoms with Gasteiger partial charge in [0.15, 0.2) is 0 Å². The van der Waals surface area contributed by atoms with Crippen molar-refractivity contribution in [2.45, 2.75) is 20.3 Å². The molecule has 1 saturated heterocycles. The molecule has 0 spiro atoms. The molecule has 6 heteroatoms. The predicted octanol–water partition coefficient (Wildman–Crippen LogP) is 3.32. The van der Waals surface area contributed by atoms with Crippen molar-refractivity contribution in [3.63, 3.8) is 0 Å². The largest absolute Gasteiger partial charge is 0.368 e. The molecule has 1 aliphatic rings. The lowest BCUT2D eigenvalue weighted by atomic mass is 10.1. The third-order valence-corrected chi connectivity index (χ3v) is 3.59. The molecule has 6 nitrogen and oxygen atoms in total. The molecular formula is C15H21N5O. The zero-order chi connectivity index (χ0) is 15.2. The Kier molecular flexibility index (Phi) is 5.06. The molecule has 0 N–H and O–H groups in total. The van der Waals surface area contributed by atoms with Gasteiger partial charge in [-0.15, -0.1) is 0 Å². The summed E-state index contributed by atoms with van der Waals surface area (Å²) in [6.07, 6.45) is 0.626. The number of hydrogen-bond donors (Lipinski definition) is 0. The maximum atomic E-state index is 12.0. The summed E-state index contributed by atoms with van der Waals surface area (Å²) in [5, 5.41) is 3.56. The first kappa shape index (κ1) is 15.2. The summed E-state index contributed by atoms with van der Waals surface area (Å²) in [5.41, 5.74) is 10.1. The van der Waals surface area contributed by atoms with E-state index in [-0.39, 0.29) is 5.91 Å². The second-order valence-electron chi connectivity index (χ2n) is 5.67. The zero-order valence-electron chi connectivity index (χ0n) is 12.6. The molecule has 1 fully saturated rings. The molecular weight excluding hydrogens is 266 g/mol. The van der Waals surface area contributed by atoms with Gasteiger partial charge in [-0.1, -0.05) is 31.1 Å². The summed E-state index contributed by atoms with van der Waals surface area (Å²) in [6, 6.07) is 7.53. The van der Waals surface area contributed by atoms with Crippen molar-refractivity contribution in [3.05, 3.63) is 34.7 Å². The van der Waals surface area contributed by atoms with Crippen LogP contribution in [0.4, 0.5) is 11.4 Å². The molecule has 0 aliphatic carbocycles. The molecule has 1 heterocycles. The number of carbonyl (C=O) groups excluding carboxylic acids is 1. The van der Waals surface area contributed by atoms with Gasteiger partial charge < -0.3 is 9.80 Å². The summed E-state index contributed by atoms with van der Waals surface area (Å²) in [6.45, 7) is 7.35. The van der Waals surface area contributed by atoms with Crippen molar-refractivity contribution in [3.8, 4) is 0 Å². The molecule has 21 heavy (non-hydrogen) atoms. The van der Waals surface area contributed by atoms with Crippen molar-refractivity contribution in [1.29, 1.82) is 0 Å². The average Bonchev–Trinajstić information content (AvgIpc) is 2.48. The number of piperazine rings is 1. The fourth-order valence-electron chi connectivity index (χ4n) is 2.47. The van der Waals surface area contributed by atoms with Crippen LogP contribution >= 0.6 is 0 Å². The Balaban J connectivity index is 1.91. The van der Waals surface area contributed by atoms with Gasteiger partial charge in [0.1, 0.15) is 0 Å². The smallest absolute Gasteiger partial charge is 0.222 e. The summed E-state index contributed by atoms with van der Waals surface area (Å²) in [5.74, 6) is 0.659. The Morgan fingerprint density at radius 3 is 2.38 bits per heavy atom. The van der Waals surface area contributed by atoms with E-state index < -0.39 is 0 Å². The van der Waals surface area contributed by atoms with E-state index in [1.807, 2.05) is 29.2 Å². The molecule has 112 valence electrons. The monoisotopic (exact) mass is 287 g/mol. The number of nitrogens with zero attached hydrogens (tertiary/aromatic N) is 5. The molecule has 0 atom stereocenters. The normalized spacial score (nSPS) is 15.0. The second-order valence-corrected chi connectivity index (χ2v) is 5.67. The highest BCUT2D eigenvalue weighted by molar-refractivity contribution is 5.76. The van der Waals surface area contributed by atoms with Crippen molar-refractivity contribution < 1.29 is 4.79 Å². The fourth-order valence-corrected chi connectivity index (χ4v) is 2.47. The van der Waals surface area contributed by atoms with E-state index in [2.05, 4.69) is 28.8 Å². The Bertz CT molecular complexity index is 525. The molecule has 1 amide bonds. The van der Waals surface area contributed by atoms with Crippen molar-refractivity contribution in [1.82, 2.24) is 4.90 Å². The number of carbonyl (C=O) groups is 1. The van der Waals surface area contributed by atoms with E-state index in [0.29, 0.717) is 18.0 Å². The summed E-state index contributed by atoms with van der Waals surface area (Å²) < 4.78 is 0. The first-order valence-electron chi connectivity index (χ1n) is 7.28. The first-order chi connectivity index (χ1) is 10.1. The molecule has 0 bridgehead atoms. The zero-order valence-corrected chi connectivity index (χ0v) is 12.6. The van der Waals surface area contributed by atoms with Gasteiger partial charge in [0.2, 0.25) is 5.91 Å². The van der Waals surface area contributed by atoms with Gasteiger partial charge in [-0.2, -0.15) is 0 Å². The van der Waals surface area contributed by atoms with Crippen LogP contribution < -0.4 is 4.90 Å². The van der Waals surface area contributed by atoms with E-state index in [1.54, 1.807) is 0 Å². The Labute approximate surface area is 125 Å². The molecule has 1 aliphatic heterocycles. The number of rotatable bonds is 4. The molecule has 2 rings (SSSR count). The highest BCUT2D eigenvalue weighted by Gasteiger charge is 2.21. The van der Waals surface area contributed by atoms with Crippen LogP contribution in [0.5, 0.6) is 0 Å². The first-order valence-corrected chi connectivity index (χ1v) is 7.28. The maximum absolute atomic E-state index is 12.0. The van der Waals surface area contributed by atoms with Crippen LogP contribution in [0.25, 0.3) is 10.4 Å². The lowest BCUT2D eigenvalue weighted by Gasteiger charge is -2.36. The van der Waals surface area contributed by atoms with E-state index >= 15 is 0 Å². The van der Waals surface area contributed by atoms with Crippen LogP contribution in [0.1, 0.15) is 20.3 Å². The van der Waals surface area contributed by atoms with Crippen molar-refractivity contribution >= 4 is 17.3 Å². The number of anilines is 1. The van der Waals surface area contributed by atoms with E-state index in [0.717, 1.165) is 31.9 Å². The highest BCUT2D eigenvalue weighted by atomic mass is 16.2. The van der Waals surface area contributed by atoms with E-state index in [4.69, 9.17) is 5.53 Å². The second kappa shape index (κ2) is 6.99.